The molecule has 1 N–H and O–H groups in total. The summed E-state index contributed by atoms with van der Waals surface area (Å²) in [5.41, 5.74) is 2.99. The normalized spacial score (nSPS) is 14.9. The lowest BCUT2D eigenvalue weighted by atomic mass is 10.1. The molecule has 1 aromatic heterocycles. The minimum atomic E-state index is -0.322. The van der Waals surface area contributed by atoms with Crippen molar-refractivity contribution in [3.63, 3.8) is 0 Å². The van der Waals surface area contributed by atoms with E-state index in [0.29, 0.717) is 12.6 Å². The van der Waals surface area contributed by atoms with Crippen molar-refractivity contribution in [1.29, 1.82) is 0 Å². The molecule has 1 fully saturated rings. The van der Waals surface area contributed by atoms with Gasteiger partial charge < -0.3 is 9.88 Å². The summed E-state index contributed by atoms with van der Waals surface area (Å²) in [4.78, 5) is 17.7. The van der Waals surface area contributed by atoms with E-state index in [1.807, 2.05) is 54.6 Å². The van der Waals surface area contributed by atoms with Crippen LogP contribution in [0.5, 0.6) is 0 Å². The molecule has 0 bridgehead atoms. The van der Waals surface area contributed by atoms with E-state index in [9.17, 15) is 4.79 Å². The predicted octanol–water partition coefficient (Wildman–Crippen LogP) is 4.33. The van der Waals surface area contributed by atoms with Crippen molar-refractivity contribution in [3.05, 3.63) is 72.8 Å². The molecule has 0 spiro atoms. The van der Waals surface area contributed by atoms with Crippen molar-refractivity contribution in [1.82, 2.24) is 14.9 Å². The average Bonchev–Trinajstić information content (AvgIpc) is 3.42. The van der Waals surface area contributed by atoms with Gasteiger partial charge >= 0.3 is 0 Å². The largest absolute Gasteiger partial charge is 0.352 e. The Balaban J connectivity index is 1.70. The third-order valence-electron chi connectivity index (χ3n) is 4.42. The SMILES string of the molecule is C=CCn1c(SC(C(=O)NC2CC2)c2ccccc2)nc2ccccc21. The monoisotopic (exact) mass is 363 g/mol. The zero-order chi connectivity index (χ0) is 17.9. The van der Waals surface area contributed by atoms with Crippen molar-refractivity contribution < 1.29 is 4.79 Å². The molecule has 0 radical (unpaired) electrons. The number of aromatic nitrogens is 2. The van der Waals surface area contributed by atoms with Crippen LogP contribution in [-0.4, -0.2) is 21.5 Å². The lowest BCUT2D eigenvalue weighted by Crippen LogP contribution is -2.29. The number of para-hydroxylation sites is 2. The molecular formula is C21H21N3OS. The van der Waals surface area contributed by atoms with Crippen LogP contribution in [0.4, 0.5) is 0 Å². The van der Waals surface area contributed by atoms with Gasteiger partial charge in [0.15, 0.2) is 5.16 Å². The first kappa shape index (κ1) is 16.9. The Morgan fingerprint density at radius 1 is 1.23 bits per heavy atom. The molecule has 132 valence electrons. The van der Waals surface area contributed by atoms with E-state index in [0.717, 1.165) is 34.6 Å². The topological polar surface area (TPSA) is 46.9 Å². The van der Waals surface area contributed by atoms with Gasteiger partial charge in [0.25, 0.3) is 0 Å². The Bertz CT molecular complexity index is 931. The first-order chi connectivity index (χ1) is 12.8. The molecule has 0 saturated heterocycles. The second-order valence-electron chi connectivity index (χ2n) is 6.47. The van der Waals surface area contributed by atoms with Gasteiger partial charge in [-0.1, -0.05) is 60.3 Å². The molecule has 1 unspecified atom stereocenters. The standard InChI is InChI=1S/C21H21N3OS/c1-2-14-24-18-11-7-6-10-17(18)23-21(24)26-19(15-8-4-3-5-9-15)20(25)22-16-12-13-16/h2-11,16,19H,1,12-14H2,(H,22,25). The van der Waals surface area contributed by atoms with E-state index in [1.165, 1.54) is 11.8 Å². The van der Waals surface area contributed by atoms with Crippen LogP contribution in [0.1, 0.15) is 23.7 Å². The minimum Gasteiger partial charge on any atom is -0.352 e. The van der Waals surface area contributed by atoms with Crippen LogP contribution in [0.2, 0.25) is 0 Å². The van der Waals surface area contributed by atoms with Crippen LogP contribution in [0.3, 0.4) is 0 Å². The molecule has 2 aromatic carbocycles. The number of nitrogens with one attached hydrogen (secondary N) is 1. The van der Waals surface area contributed by atoms with Gasteiger partial charge in [0.2, 0.25) is 5.91 Å². The van der Waals surface area contributed by atoms with Crippen LogP contribution in [0, 0.1) is 0 Å². The molecular weight excluding hydrogens is 342 g/mol. The molecule has 1 aliphatic rings. The maximum Gasteiger partial charge on any atom is 0.238 e. The van der Waals surface area contributed by atoms with E-state index in [1.54, 1.807) is 0 Å². The Labute approximate surface area is 157 Å². The van der Waals surface area contributed by atoms with Crippen LogP contribution < -0.4 is 5.32 Å². The van der Waals surface area contributed by atoms with Crippen molar-refractivity contribution in [2.45, 2.75) is 35.8 Å². The van der Waals surface area contributed by atoms with E-state index in [2.05, 4.69) is 22.5 Å². The number of carbonyl (C=O) groups excluding carboxylic acids is 1. The fraction of sp³-hybridized carbons (Fsp3) is 0.238. The molecule has 1 saturated carbocycles. The summed E-state index contributed by atoms with van der Waals surface area (Å²) < 4.78 is 2.12. The minimum absolute atomic E-state index is 0.0564. The van der Waals surface area contributed by atoms with Gasteiger partial charge in [-0.25, -0.2) is 4.98 Å². The number of allylic oxidation sites excluding steroid dienone is 1. The molecule has 1 atom stereocenters. The highest BCUT2D eigenvalue weighted by Gasteiger charge is 2.30. The second-order valence-corrected chi connectivity index (χ2v) is 7.55. The smallest absolute Gasteiger partial charge is 0.238 e. The molecule has 3 aromatic rings. The van der Waals surface area contributed by atoms with Gasteiger partial charge in [0.05, 0.1) is 11.0 Å². The highest BCUT2D eigenvalue weighted by molar-refractivity contribution is 8.00. The van der Waals surface area contributed by atoms with Crippen molar-refractivity contribution in [2.75, 3.05) is 0 Å². The number of carbonyl (C=O) groups is 1. The van der Waals surface area contributed by atoms with Crippen molar-refractivity contribution in [3.8, 4) is 0 Å². The first-order valence-electron chi connectivity index (χ1n) is 8.84. The zero-order valence-electron chi connectivity index (χ0n) is 14.5. The molecule has 1 heterocycles. The quantitative estimate of drug-likeness (QED) is 0.502. The number of imidazole rings is 1. The molecule has 4 rings (SSSR count). The van der Waals surface area contributed by atoms with E-state index in [-0.39, 0.29) is 11.2 Å². The summed E-state index contributed by atoms with van der Waals surface area (Å²) in [6.45, 7) is 4.53. The summed E-state index contributed by atoms with van der Waals surface area (Å²) in [6, 6.07) is 18.3. The maximum absolute atomic E-state index is 12.9. The Morgan fingerprint density at radius 3 is 2.69 bits per heavy atom. The fourth-order valence-electron chi connectivity index (χ4n) is 2.96. The molecule has 1 amide bonds. The third kappa shape index (κ3) is 3.53. The zero-order valence-corrected chi connectivity index (χ0v) is 15.3. The van der Waals surface area contributed by atoms with Gasteiger partial charge in [-0.3, -0.25) is 4.79 Å². The Morgan fingerprint density at radius 2 is 1.96 bits per heavy atom. The number of hydrogen-bond donors (Lipinski definition) is 1. The fourth-order valence-corrected chi connectivity index (χ4v) is 4.09. The molecule has 4 nitrogen and oxygen atoms in total. The van der Waals surface area contributed by atoms with Crippen molar-refractivity contribution in [2.24, 2.45) is 0 Å². The molecule has 0 aliphatic heterocycles. The van der Waals surface area contributed by atoms with Crippen molar-refractivity contribution >= 4 is 28.7 Å². The number of fused-ring (bicyclic) bond motifs is 1. The summed E-state index contributed by atoms with van der Waals surface area (Å²) in [5.74, 6) is 0.0564. The highest BCUT2D eigenvalue weighted by atomic mass is 32.2. The van der Waals surface area contributed by atoms with E-state index >= 15 is 0 Å². The number of benzene rings is 2. The Hall–Kier alpha value is -2.53. The lowest BCUT2D eigenvalue weighted by Gasteiger charge is -2.17. The number of rotatable bonds is 7. The van der Waals surface area contributed by atoms with E-state index < -0.39 is 0 Å². The molecule has 26 heavy (non-hydrogen) atoms. The molecule has 1 aliphatic carbocycles. The van der Waals surface area contributed by atoms with Gasteiger partial charge in [0, 0.05) is 12.6 Å². The lowest BCUT2D eigenvalue weighted by molar-refractivity contribution is -0.120. The van der Waals surface area contributed by atoms with Crippen LogP contribution in [0.25, 0.3) is 11.0 Å². The predicted molar refractivity (Wildman–Crippen MR) is 106 cm³/mol. The summed E-state index contributed by atoms with van der Waals surface area (Å²) >= 11 is 1.50. The summed E-state index contributed by atoms with van der Waals surface area (Å²) in [6.07, 6.45) is 4.01. The number of thioether (sulfide) groups is 1. The average molecular weight is 363 g/mol. The first-order valence-corrected chi connectivity index (χ1v) is 9.72. The van der Waals surface area contributed by atoms with Crippen LogP contribution in [-0.2, 0) is 11.3 Å². The Kier molecular flexibility index (Phi) is 4.80. The van der Waals surface area contributed by atoms with Gasteiger partial charge in [-0.05, 0) is 30.5 Å². The van der Waals surface area contributed by atoms with Gasteiger partial charge in [-0.15, -0.1) is 6.58 Å². The summed E-state index contributed by atoms with van der Waals surface area (Å²) in [5, 5.41) is 3.66. The maximum atomic E-state index is 12.9. The summed E-state index contributed by atoms with van der Waals surface area (Å²) in [7, 11) is 0. The van der Waals surface area contributed by atoms with E-state index in [4.69, 9.17) is 4.98 Å². The highest BCUT2D eigenvalue weighted by Crippen LogP contribution is 2.37. The second kappa shape index (κ2) is 7.38. The van der Waals surface area contributed by atoms with Gasteiger partial charge in [0.1, 0.15) is 5.25 Å². The number of amides is 1. The van der Waals surface area contributed by atoms with Gasteiger partial charge in [-0.2, -0.15) is 0 Å². The number of nitrogens with zero attached hydrogens (tertiary/aromatic N) is 2. The number of hydrogen-bond acceptors (Lipinski definition) is 3. The van der Waals surface area contributed by atoms with Crippen LogP contribution >= 0.6 is 11.8 Å². The molecule has 5 heteroatoms. The van der Waals surface area contributed by atoms with Crippen LogP contribution in [0.15, 0.2) is 72.4 Å². The third-order valence-corrected chi connectivity index (χ3v) is 5.66.